The Kier molecular flexibility index (Phi) is 4.44. The number of methoxy groups -OCH3 is 2. The molecule has 120 valence electrons. The summed E-state index contributed by atoms with van der Waals surface area (Å²) in [5, 5.41) is 3.42. The molecule has 0 saturated heterocycles. The van der Waals surface area contributed by atoms with Crippen molar-refractivity contribution in [3.63, 3.8) is 0 Å². The third-order valence-corrected chi connectivity index (χ3v) is 4.35. The van der Waals surface area contributed by atoms with Crippen LogP contribution in [0.5, 0.6) is 11.5 Å². The molecule has 0 aromatic heterocycles. The number of carbonyl (C=O) groups is 1. The summed E-state index contributed by atoms with van der Waals surface area (Å²) in [4.78, 5) is 12.5. The van der Waals surface area contributed by atoms with E-state index in [9.17, 15) is 4.79 Å². The standard InChI is InChI=1S/C18H18ClNO3/c1-22-16-10-17(23-2)14(19)8-13(16)18(21)20-15-9-12(15)11-6-4-3-5-7-11/h3-8,10,12,15H,9H2,1-2H3,(H,20,21)/t12-,15+/m0/s1. The van der Waals surface area contributed by atoms with Gasteiger partial charge in [-0.15, -0.1) is 0 Å². The molecule has 1 saturated carbocycles. The highest BCUT2D eigenvalue weighted by Crippen LogP contribution is 2.41. The fraction of sp³-hybridized carbons (Fsp3) is 0.278. The maximum atomic E-state index is 12.5. The summed E-state index contributed by atoms with van der Waals surface area (Å²) in [6, 6.07) is 13.5. The van der Waals surface area contributed by atoms with Crippen molar-refractivity contribution in [2.45, 2.75) is 18.4 Å². The van der Waals surface area contributed by atoms with Crippen LogP contribution in [-0.2, 0) is 0 Å². The van der Waals surface area contributed by atoms with Gasteiger partial charge in [0.25, 0.3) is 5.91 Å². The predicted molar refractivity (Wildman–Crippen MR) is 89.6 cm³/mol. The zero-order valence-electron chi connectivity index (χ0n) is 13.0. The number of rotatable bonds is 5. The molecule has 0 spiro atoms. The zero-order valence-corrected chi connectivity index (χ0v) is 13.8. The van der Waals surface area contributed by atoms with E-state index in [1.165, 1.54) is 19.8 Å². The van der Waals surface area contributed by atoms with E-state index in [0.29, 0.717) is 28.0 Å². The first-order chi connectivity index (χ1) is 11.1. The van der Waals surface area contributed by atoms with Gasteiger partial charge in [0.1, 0.15) is 11.5 Å². The van der Waals surface area contributed by atoms with E-state index in [-0.39, 0.29) is 11.9 Å². The van der Waals surface area contributed by atoms with Crippen LogP contribution in [0.25, 0.3) is 0 Å². The molecule has 4 nitrogen and oxygen atoms in total. The van der Waals surface area contributed by atoms with Crippen LogP contribution < -0.4 is 14.8 Å². The first-order valence-electron chi connectivity index (χ1n) is 7.41. The Balaban J connectivity index is 1.73. The third-order valence-electron chi connectivity index (χ3n) is 4.05. The molecular formula is C18H18ClNO3. The Labute approximate surface area is 140 Å². The second-order valence-electron chi connectivity index (χ2n) is 5.52. The Morgan fingerprint density at radius 1 is 1.13 bits per heavy atom. The summed E-state index contributed by atoms with van der Waals surface area (Å²) < 4.78 is 10.4. The van der Waals surface area contributed by atoms with Crippen molar-refractivity contribution in [3.05, 3.63) is 58.6 Å². The highest BCUT2D eigenvalue weighted by Gasteiger charge is 2.39. The summed E-state index contributed by atoms with van der Waals surface area (Å²) in [5.74, 6) is 1.11. The van der Waals surface area contributed by atoms with Crippen molar-refractivity contribution in [3.8, 4) is 11.5 Å². The van der Waals surface area contributed by atoms with Crippen LogP contribution in [0.1, 0.15) is 28.3 Å². The molecule has 23 heavy (non-hydrogen) atoms. The fourth-order valence-electron chi connectivity index (χ4n) is 2.71. The van der Waals surface area contributed by atoms with Gasteiger partial charge in [-0.3, -0.25) is 4.79 Å². The number of carbonyl (C=O) groups excluding carboxylic acids is 1. The Morgan fingerprint density at radius 2 is 1.83 bits per heavy atom. The minimum absolute atomic E-state index is 0.149. The average Bonchev–Trinajstić information content (AvgIpc) is 3.34. The molecule has 0 radical (unpaired) electrons. The molecule has 1 aliphatic carbocycles. The normalized spacial score (nSPS) is 19.1. The van der Waals surface area contributed by atoms with Crippen LogP contribution in [0.3, 0.4) is 0 Å². The molecule has 2 atom stereocenters. The van der Waals surface area contributed by atoms with E-state index in [2.05, 4.69) is 17.4 Å². The number of hydrogen-bond acceptors (Lipinski definition) is 3. The number of benzene rings is 2. The van der Waals surface area contributed by atoms with E-state index >= 15 is 0 Å². The smallest absolute Gasteiger partial charge is 0.255 e. The Bertz CT molecular complexity index is 718. The SMILES string of the molecule is COc1cc(OC)c(C(=O)N[C@@H]2C[C@H]2c2ccccc2)cc1Cl. The fourth-order valence-corrected chi connectivity index (χ4v) is 2.95. The molecule has 5 heteroatoms. The molecule has 1 aliphatic rings. The highest BCUT2D eigenvalue weighted by atomic mass is 35.5. The minimum Gasteiger partial charge on any atom is -0.496 e. The van der Waals surface area contributed by atoms with Crippen molar-refractivity contribution in [2.24, 2.45) is 0 Å². The molecule has 0 heterocycles. The van der Waals surface area contributed by atoms with E-state index in [4.69, 9.17) is 21.1 Å². The predicted octanol–water partition coefficient (Wildman–Crippen LogP) is 3.64. The summed E-state index contributed by atoms with van der Waals surface area (Å²) in [5.41, 5.74) is 1.66. The lowest BCUT2D eigenvalue weighted by Crippen LogP contribution is -2.27. The molecule has 2 aromatic carbocycles. The van der Waals surface area contributed by atoms with E-state index in [0.717, 1.165) is 6.42 Å². The summed E-state index contributed by atoms with van der Waals surface area (Å²) in [6.45, 7) is 0. The van der Waals surface area contributed by atoms with Crippen molar-refractivity contribution in [1.29, 1.82) is 0 Å². The van der Waals surface area contributed by atoms with Gasteiger partial charge in [-0.05, 0) is 18.1 Å². The average molecular weight is 332 g/mol. The van der Waals surface area contributed by atoms with E-state index in [1.807, 2.05) is 18.2 Å². The molecule has 3 rings (SSSR count). The van der Waals surface area contributed by atoms with Gasteiger partial charge in [-0.25, -0.2) is 0 Å². The molecule has 0 bridgehead atoms. The summed E-state index contributed by atoms with van der Waals surface area (Å²) in [6.07, 6.45) is 0.946. The third kappa shape index (κ3) is 3.27. The number of halogens is 1. The highest BCUT2D eigenvalue weighted by molar-refractivity contribution is 6.32. The number of amides is 1. The van der Waals surface area contributed by atoms with Crippen LogP contribution in [0, 0.1) is 0 Å². The molecule has 1 N–H and O–H groups in total. The van der Waals surface area contributed by atoms with Crippen molar-refractivity contribution >= 4 is 17.5 Å². The van der Waals surface area contributed by atoms with Crippen molar-refractivity contribution in [1.82, 2.24) is 5.32 Å². The van der Waals surface area contributed by atoms with Crippen LogP contribution in [-0.4, -0.2) is 26.2 Å². The first-order valence-corrected chi connectivity index (χ1v) is 7.79. The first kappa shape index (κ1) is 15.7. The zero-order chi connectivity index (χ0) is 16.4. The Hall–Kier alpha value is -2.20. The second-order valence-corrected chi connectivity index (χ2v) is 5.93. The maximum Gasteiger partial charge on any atom is 0.255 e. The lowest BCUT2D eigenvalue weighted by Gasteiger charge is -2.12. The van der Waals surface area contributed by atoms with Gasteiger partial charge < -0.3 is 14.8 Å². The minimum atomic E-state index is -0.185. The van der Waals surface area contributed by atoms with Gasteiger partial charge >= 0.3 is 0 Å². The molecule has 1 fully saturated rings. The van der Waals surface area contributed by atoms with Crippen LogP contribution in [0.15, 0.2) is 42.5 Å². The van der Waals surface area contributed by atoms with Gasteiger partial charge in [0.2, 0.25) is 0 Å². The lowest BCUT2D eigenvalue weighted by atomic mass is 10.1. The van der Waals surface area contributed by atoms with Gasteiger partial charge in [-0.1, -0.05) is 41.9 Å². The number of nitrogens with one attached hydrogen (secondary N) is 1. The molecular weight excluding hydrogens is 314 g/mol. The van der Waals surface area contributed by atoms with Gasteiger partial charge in [0, 0.05) is 18.0 Å². The summed E-state index contributed by atoms with van der Waals surface area (Å²) in [7, 11) is 3.04. The van der Waals surface area contributed by atoms with Crippen LogP contribution in [0.2, 0.25) is 5.02 Å². The van der Waals surface area contributed by atoms with Crippen molar-refractivity contribution in [2.75, 3.05) is 14.2 Å². The maximum absolute atomic E-state index is 12.5. The van der Waals surface area contributed by atoms with Gasteiger partial charge in [-0.2, -0.15) is 0 Å². The van der Waals surface area contributed by atoms with Crippen LogP contribution >= 0.6 is 11.6 Å². The van der Waals surface area contributed by atoms with Crippen LogP contribution in [0.4, 0.5) is 0 Å². The quantitative estimate of drug-likeness (QED) is 0.910. The van der Waals surface area contributed by atoms with Crippen molar-refractivity contribution < 1.29 is 14.3 Å². The van der Waals surface area contributed by atoms with E-state index < -0.39 is 0 Å². The van der Waals surface area contributed by atoms with Gasteiger partial charge in [0.05, 0.1) is 24.8 Å². The number of hydrogen-bond donors (Lipinski definition) is 1. The lowest BCUT2D eigenvalue weighted by molar-refractivity contribution is 0.0947. The molecule has 1 amide bonds. The molecule has 0 unspecified atom stereocenters. The molecule has 2 aromatic rings. The monoisotopic (exact) mass is 331 g/mol. The summed E-state index contributed by atoms with van der Waals surface area (Å²) >= 11 is 6.12. The second kappa shape index (κ2) is 6.50. The topological polar surface area (TPSA) is 47.6 Å². The Morgan fingerprint density at radius 3 is 2.48 bits per heavy atom. The van der Waals surface area contributed by atoms with Gasteiger partial charge in [0.15, 0.2) is 0 Å². The molecule has 0 aliphatic heterocycles. The van der Waals surface area contributed by atoms with E-state index in [1.54, 1.807) is 12.1 Å². The largest absolute Gasteiger partial charge is 0.496 e. The number of ether oxygens (including phenoxy) is 2.